The molecule has 0 saturated carbocycles. The lowest BCUT2D eigenvalue weighted by atomic mass is 9.81. The first-order chi connectivity index (χ1) is 13.0. The lowest BCUT2D eigenvalue weighted by Crippen LogP contribution is -2.23. The lowest BCUT2D eigenvalue weighted by molar-refractivity contribution is 0.0961. The van der Waals surface area contributed by atoms with Gasteiger partial charge >= 0.3 is 0 Å². The van der Waals surface area contributed by atoms with Crippen molar-refractivity contribution in [2.75, 3.05) is 5.73 Å². The summed E-state index contributed by atoms with van der Waals surface area (Å²) < 4.78 is 6.02. The molecule has 1 unspecified atom stereocenters. The summed E-state index contributed by atoms with van der Waals surface area (Å²) in [4.78, 5) is 25.1. The van der Waals surface area contributed by atoms with Gasteiger partial charge in [0.25, 0.3) is 0 Å². The van der Waals surface area contributed by atoms with Crippen LogP contribution in [0.15, 0.2) is 42.6 Å². The van der Waals surface area contributed by atoms with E-state index in [2.05, 4.69) is 15.0 Å². The SMILES string of the molecule is Cc1nc(N)nc2c1C(=O)CC(c1ccccc1Oc1ccnc(Cl)c1)C2. The highest BCUT2D eigenvalue weighted by Crippen LogP contribution is 2.38. The zero-order chi connectivity index (χ0) is 19.0. The largest absolute Gasteiger partial charge is 0.457 e. The van der Waals surface area contributed by atoms with Crippen LogP contribution in [-0.4, -0.2) is 20.7 Å². The van der Waals surface area contributed by atoms with Crippen LogP contribution < -0.4 is 10.5 Å². The molecule has 1 aliphatic rings. The van der Waals surface area contributed by atoms with E-state index >= 15 is 0 Å². The minimum Gasteiger partial charge on any atom is -0.457 e. The van der Waals surface area contributed by atoms with Gasteiger partial charge < -0.3 is 10.5 Å². The van der Waals surface area contributed by atoms with Crippen LogP contribution in [0.25, 0.3) is 0 Å². The number of carbonyl (C=O) groups is 1. The fourth-order valence-electron chi connectivity index (χ4n) is 3.50. The Morgan fingerprint density at radius 3 is 2.81 bits per heavy atom. The number of halogens is 1. The molecule has 136 valence electrons. The zero-order valence-corrected chi connectivity index (χ0v) is 15.4. The first-order valence-electron chi connectivity index (χ1n) is 8.56. The summed E-state index contributed by atoms with van der Waals surface area (Å²) in [5.74, 6) is 1.44. The molecule has 0 spiro atoms. The number of nitrogens with zero attached hydrogens (tertiary/aromatic N) is 3. The molecule has 1 aromatic carbocycles. The normalized spacial score (nSPS) is 16.1. The molecule has 0 aliphatic heterocycles. The van der Waals surface area contributed by atoms with Crippen molar-refractivity contribution in [1.82, 2.24) is 15.0 Å². The first kappa shape index (κ1) is 17.4. The molecule has 2 heterocycles. The molecule has 1 aliphatic carbocycles. The van der Waals surface area contributed by atoms with Crippen LogP contribution in [0, 0.1) is 6.92 Å². The predicted octanol–water partition coefficient (Wildman–Crippen LogP) is 4.12. The molecule has 0 fully saturated rings. The van der Waals surface area contributed by atoms with Gasteiger partial charge in [-0.15, -0.1) is 0 Å². The fraction of sp³-hybridized carbons (Fsp3) is 0.200. The minimum atomic E-state index is -0.0489. The molecule has 0 saturated heterocycles. The number of nitrogen functional groups attached to an aromatic ring is 1. The predicted molar refractivity (Wildman–Crippen MR) is 102 cm³/mol. The van der Waals surface area contributed by atoms with Crippen molar-refractivity contribution in [3.8, 4) is 11.5 Å². The number of rotatable bonds is 3. The average Bonchev–Trinajstić information content (AvgIpc) is 2.61. The van der Waals surface area contributed by atoms with Gasteiger partial charge in [-0.3, -0.25) is 4.79 Å². The summed E-state index contributed by atoms with van der Waals surface area (Å²) >= 11 is 5.94. The topological polar surface area (TPSA) is 91.0 Å². The van der Waals surface area contributed by atoms with Gasteiger partial charge in [0.2, 0.25) is 5.95 Å². The summed E-state index contributed by atoms with van der Waals surface area (Å²) in [5.41, 5.74) is 8.66. The number of nitrogens with two attached hydrogens (primary N) is 1. The Morgan fingerprint density at radius 1 is 1.19 bits per heavy atom. The van der Waals surface area contributed by atoms with E-state index in [1.54, 1.807) is 25.3 Å². The Labute approximate surface area is 161 Å². The van der Waals surface area contributed by atoms with Gasteiger partial charge in [0, 0.05) is 24.6 Å². The standard InChI is InChI=1S/C20H17ClN4O2/c1-11-19-15(25-20(22)24-11)8-12(9-16(19)26)14-4-2-3-5-17(14)27-13-6-7-23-18(21)10-13/h2-7,10,12H,8-9H2,1H3,(H2,22,24,25). The molecule has 0 amide bonds. The third kappa shape index (κ3) is 3.48. The second kappa shape index (κ2) is 6.96. The van der Waals surface area contributed by atoms with E-state index in [9.17, 15) is 4.79 Å². The van der Waals surface area contributed by atoms with Gasteiger partial charge in [-0.1, -0.05) is 29.8 Å². The molecular formula is C20H17ClN4O2. The van der Waals surface area contributed by atoms with Gasteiger partial charge in [-0.05, 0) is 31.0 Å². The van der Waals surface area contributed by atoms with Crippen molar-refractivity contribution < 1.29 is 9.53 Å². The van der Waals surface area contributed by atoms with E-state index in [-0.39, 0.29) is 17.6 Å². The fourth-order valence-corrected chi connectivity index (χ4v) is 3.67. The van der Waals surface area contributed by atoms with Crippen molar-refractivity contribution in [1.29, 1.82) is 0 Å². The lowest BCUT2D eigenvalue weighted by Gasteiger charge is -2.25. The zero-order valence-electron chi connectivity index (χ0n) is 14.6. The highest BCUT2D eigenvalue weighted by molar-refractivity contribution is 6.29. The molecule has 3 aromatic rings. The average molecular weight is 381 g/mol. The molecule has 0 bridgehead atoms. The smallest absolute Gasteiger partial charge is 0.220 e. The highest BCUT2D eigenvalue weighted by Gasteiger charge is 2.31. The Bertz CT molecular complexity index is 1040. The number of anilines is 1. The summed E-state index contributed by atoms with van der Waals surface area (Å²) in [6.45, 7) is 1.79. The first-order valence-corrected chi connectivity index (χ1v) is 8.93. The van der Waals surface area contributed by atoms with Crippen LogP contribution in [0.4, 0.5) is 5.95 Å². The summed E-state index contributed by atoms with van der Waals surface area (Å²) in [7, 11) is 0. The van der Waals surface area contributed by atoms with Gasteiger partial charge in [-0.25, -0.2) is 15.0 Å². The third-order valence-corrected chi connectivity index (χ3v) is 4.82. The summed E-state index contributed by atoms with van der Waals surface area (Å²) in [5, 5.41) is 0.356. The summed E-state index contributed by atoms with van der Waals surface area (Å²) in [6.07, 6.45) is 2.56. The maximum absolute atomic E-state index is 12.7. The summed E-state index contributed by atoms with van der Waals surface area (Å²) in [6, 6.07) is 11.1. The number of aryl methyl sites for hydroxylation is 1. The molecule has 6 nitrogen and oxygen atoms in total. The number of fused-ring (bicyclic) bond motifs is 1. The van der Waals surface area contributed by atoms with E-state index in [4.69, 9.17) is 22.1 Å². The van der Waals surface area contributed by atoms with Crippen LogP contribution in [-0.2, 0) is 6.42 Å². The van der Waals surface area contributed by atoms with Crippen LogP contribution in [0.2, 0.25) is 5.15 Å². The second-order valence-corrected chi connectivity index (χ2v) is 6.86. The number of para-hydroxylation sites is 1. The monoisotopic (exact) mass is 380 g/mol. The number of carbonyl (C=O) groups excluding carboxylic acids is 1. The quantitative estimate of drug-likeness (QED) is 0.687. The van der Waals surface area contributed by atoms with Crippen molar-refractivity contribution >= 4 is 23.3 Å². The van der Waals surface area contributed by atoms with Gasteiger partial charge in [-0.2, -0.15) is 0 Å². The number of ether oxygens (including phenoxy) is 1. The highest BCUT2D eigenvalue weighted by atomic mass is 35.5. The number of hydrogen-bond acceptors (Lipinski definition) is 6. The van der Waals surface area contributed by atoms with Crippen molar-refractivity contribution in [2.24, 2.45) is 0 Å². The van der Waals surface area contributed by atoms with Gasteiger partial charge in [0.15, 0.2) is 5.78 Å². The molecule has 2 N–H and O–H groups in total. The maximum atomic E-state index is 12.7. The molecule has 7 heteroatoms. The van der Waals surface area contributed by atoms with E-state index in [0.29, 0.717) is 46.4 Å². The molecular weight excluding hydrogens is 364 g/mol. The number of ketones is 1. The Kier molecular flexibility index (Phi) is 4.49. The molecule has 4 rings (SSSR count). The van der Waals surface area contributed by atoms with E-state index in [1.165, 1.54) is 0 Å². The van der Waals surface area contributed by atoms with E-state index < -0.39 is 0 Å². The van der Waals surface area contributed by atoms with E-state index in [0.717, 1.165) is 5.56 Å². The molecule has 0 radical (unpaired) electrons. The molecule has 27 heavy (non-hydrogen) atoms. The Balaban J connectivity index is 1.69. The van der Waals surface area contributed by atoms with Crippen LogP contribution in [0.3, 0.4) is 0 Å². The minimum absolute atomic E-state index is 0.0282. The second-order valence-electron chi connectivity index (χ2n) is 6.47. The van der Waals surface area contributed by atoms with Crippen molar-refractivity contribution in [3.05, 3.63) is 70.3 Å². The molecule has 2 aromatic heterocycles. The van der Waals surface area contributed by atoms with E-state index in [1.807, 2.05) is 24.3 Å². The van der Waals surface area contributed by atoms with Gasteiger partial charge in [0.05, 0.1) is 17.0 Å². The Morgan fingerprint density at radius 2 is 2.00 bits per heavy atom. The number of pyridine rings is 1. The van der Waals surface area contributed by atoms with Crippen molar-refractivity contribution in [2.45, 2.75) is 25.7 Å². The number of aromatic nitrogens is 3. The number of hydrogen-bond donors (Lipinski definition) is 1. The Hall–Kier alpha value is -2.99. The van der Waals surface area contributed by atoms with Crippen LogP contribution in [0.5, 0.6) is 11.5 Å². The maximum Gasteiger partial charge on any atom is 0.220 e. The van der Waals surface area contributed by atoms with Crippen LogP contribution in [0.1, 0.15) is 39.6 Å². The molecule has 1 atom stereocenters. The number of benzene rings is 1. The van der Waals surface area contributed by atoms with Crippen molar-refractivity contribution in [3.63, 3.8) is 0 Å². The van der Waals surface area contributed by atoms with Crippen LogP contribution >= 0.6 is 11.6 Å². The third-order valence-electron chi connectivity index (χ3n) is 4.62. The number of Topliss-reactive ketones (excluding diaryl/α,β-unsaturated/α-hetero) is 1. The van der Waals surface area contributed by atoms with Gasteiger partial charge in [0.1, 0.15) is 16.7 Å².